The fourth-order valence-electron chi connectivity index (χ4n) is 2.57. The van der Waals surface area contributed by atoms with Crippen LogP contribution in [-0.2, 0) is 11.2 Å². The second-order valence-corrected chi connectivity index (χ2v) is 7.14. The van der Waals surface area contributed by atoms with Crippen molar-refractivity contribution in [3.05, 3.63) is 47.5 Å². The van der Waals surface area contributed by atoms with Gasteiger partial charge in [0, 0.05) is 10.6 Å². The van der Waals surface area contributed by atoms with Crippen molar-refractivity contribution in [2.75, 3.05) is 19.5 Å². The summed E-state index contributed by atoms with van der Waals surface area (Å²) in [5, 5.41) is 2.85. The maximum absolute atomic E-state index is 12.6. The minimum Gasteiger partial charge on any atom is -0.493 e. The van der Waals surface area contributed by atoms with Crippen molar-refractivity contribution >= 4 is 23.4 Å². The molecule has 0 unspecified atom stereocenters. The van der Waals surface area contributed by atoms with Crippen molar-refractivity contribution in [2.24, 2.45) is 0 Å². The molecule has 0 spiro atoms. The summed E-state index contributed by atoms with van der Waals surface area (Å²) in [5.41, 5.74) is 3.16. The second-order valence-electron chi connectivity index (χ2n) is 5.73. The number of carbonyl (C=O) groups excluding carboxylic acids is 1. The highest BCUT2D eigenvalue weighted by Gasteiger charge is 2.17. The van der Waals surface area contributed by atoms with E-state index >= 15 is 0 Å². The summed E-state index contributed by atoms with van der Waals surface area (Å²) in [6.45, 7) is 6.01. The number of para-hydroxylation sites is 1. The first kappa shape index (κ1) is 19.2. The highest BCUT2D eigenvalue weighted by Crippen LogP contribution is 2.34. The predicted molar refractivity (Wildman–Crippen MR) is 104 cm³/mol. The van der Waals surface area contributed by atoms with Crippen molar-refractivity contribution in [3.63, 3.8) is 0 Å². The maximum atomic E-state index is 12.6. The van der Waals surface area contributed by atoms with E-state index in [-0.39, 0.29) is 11.2 Å². The standard InChI is InChI=1S/C20H25NO3S/c1-6-15-9-7-8-13(2)19(15)21-20(22)14(3)25-16-10-11-17(23-4)18(12-16)24-5/h7-12,14H,6H2,1-5H3,(H,21,22)/t14-/m0/s1. The Morgan fingerprint density at radius 3 is 2.52 bits per heavy atom. The van der Waals surface area contributed by atoms with Gasteiger partial charge in [-0.2, -0.15) is 0 Å². The molecule has 0 aliphatic heterocycles. The molecule has 5 heteroatoms. The molecule has 0 saturated heterocycles. The molecule has 134 valence electrons. The van der Waals surface area contributed by atoms with Crippen molar-refractivity contribution in [3.8, 4) is 11.5 Å². The van der Waals surface area contributed by atoms with Gasteiger partial charge in [0.2, 0.25) is 5.91 Å². The van der Waals surface area contributed by atoms with Crippen LogP contribution in [0, 0.1) is 6.92 Å². The number of hydrogen-bond acceptors (Lipinski definition) is 4. The van der Waals surface area contributed by atoms with Crippen LogP contribution in [-0.4, -0.2) is 25.4 Å². The molecule has 1 atom stereocenters. The summed E-state index contributed by atoms with van der Waals surface area (Å²) in [7, 11) is 3.21. The van der Waals surface area contributed by atoms with E-state index in [2.05, 4.69) is 18.3 Å². The Balaban J connectivity index is 2.11. The quantitative estimate of drug-likeness (QED) is 0.728. The number of amides is 1. The molecule has 2 rings (SSSR count). The number of carbonyl (C=O) groups is 1. The average molecular weight is 359 g/mol. The van der Waals surface area contributed by atoms with Crippen LogP contribution in [0.15, 0.2) is 41.3 Å². The molecule has 1 amide bonds. The number of ether oxygens (including phenoxy) is 2. The van der Waals surface area contributed by atoms with Crippen LogP contribution in [0.5, 0.6) is 11.5 Å². The Morgan fingerprint density at radius 2 is 1.88 bits per heavy atom. The zero-order chi connectivity index (χ0) is 18.4. The van der Waals surface area contributed by atoms with Crippen molar-refractivity contribution in [1.82, 2.24) is 0 Å². The van der Waals surface area contributed by atoms with Gasteiger partial charge in [0.1, 0.15) is 0 Å². The molecule has 0 heterocycles. The first-order chi connectivity index (χ1) is 12.0. The van der Waals surface area contributed by atoms with Gasteiger partial charge in [-0.3, -0.25) is 4.79 Å². The van der Waals surface area contributed by atoms with Crippen LogP contribution in [0.25, 0.3) is 0 Å². The third-order valence-corrected chi connectivity index (χ3v) is 5.12. The van der Waals surface area contributed by atoms with Crippen LogP contribution in [0.1, 0.15) is 25.0 Å². The Kier molecular flexibility index (Phi) is 6.76. The van der Waals surface area contributed by atoms with Gasteiger partial charge in [-0.15, -0.1) is 11.8 Å². The first-order valence-corrected chi connectivity index (χ1v) is 9.16. The molecule has 4 nitrogen and oxygen atoms in total. The lowest BCUT2D eigenvalue weighted by Crippen LogP contribution is -2.23. The molecule has 2 aromatic carbocycles. The van der Waals surface area contributed by atoms with E-state index in [0.717, 1.165) is 28.1 Å². The van der Waals surface area contributed by atoms with Gasteiger partial charge < -0.3 is 14.8 Å². The number of aryl methyl sites for hydroxylation is 2. The van der Waals surface area contributed by atoms with Gasteiger partial charge in [0.05, 0.1) is 19.5 Å². The maximum Gasteiger partial charge on any atom is 0.237 e. The molecule has 0 saturated carbocycles. The molecule has 0 fully saturated rings. The normalized spacial score (nSPS) is 11.7. The van der Waals surface area contributed by atoms with E-state index < -0.39 is 0 Å². The monoisotopic (exact) mass is 359 g/mol. The lowest BCUT2D eigenvalue weighted by Gasteiger charge is -2.17. The third-order valence-electron chi connectivity index (χ3n) is 4.03. The van der Waals surface area contributed by atoms with Crippen LogP contribution in [0.4, 0.5) is 5.69 Å². The van der Waals surface area contributed by atoms with Gasteiger partial charge in [0.15, 0.2) is 11.5 Å². The molecular formula is C20H25NO3S. The van der Waals surface area contributed by atoms with Gasteiger partial charge in [0.25, 0.3) is 0 Å². The zero-order valence-electron chi connectivity index (χ0n) is 15.4. The summed E-state index contributed by atoms with van der Waals surface area (Å²) < 4.78 is 10.6. The van der Waals surface area contributed by atoms with E-state index in [4.69, 9.17) is 9.47 Å². The fourth-order valence-corrected chi connectivity index (χ4v) is 3.47. The van der Waals surface area contributed by atoms with Crippen LogP contribution < -0.4 is 14.8 Å². The SMILES string of the molecule is CCc1cccc(C)c1NC(=O)[C@H](C)Sc1ccc(OC)c(OC)c1. The Morgan fingerprint density at radius 1 is 1.16 bits per heavy atom. The summed E-state index contributed by atoms with van der Waals surface area (Å²) in [6.07, 6.45) is 0.883. The number of nitrogens with one attached hydrogen (secondary N) is 1. The molecule has 0 aromatic heterocycles. The summed E-state index contributed by atoms with van der Waals surface area (Å²) >= 11 is 1.49. The van der Waals surface area contributed by atoms with E-state index in [1.54, 1.807) is 14.2 Å². The molecule has 0 bridgehead atoms. The van der Waals surface area contributed by atoms with Crippen LogP contribution in [0.2, 0.25) is 0 Å². The number of hydrogen-bond donors (Lipinski definition) is 1. The number of benzene rings is 2. The average Bonchev–Trinajstić information content (AvgIpc) is 2.62. The van der Waals surface area contributed by atoms with Crippen molar-refractivity contribution in [1.29, 1.82) is 0 Å². The Bertz CT molecular complexity index is 746. The van der Waals surface area contributed by atoms with E-state index in [9.17, 15) is 4.79 Å². The molecule has 2 aromatic rings. The molecule has 25 heavy (non-hydrogen) atoms. The van der Waals surface area contributed by atoms with Crippen molar-refractivity contribution < 1.29 is 14.3 Å². The van der Waals surface area contributed by atoms with E-state index in [1.165, 1.54) is 11.8 Å². The van der Waals surface area contributed by atoms with E-state index in [0.29, 0.717) is 11.5 Å². The highest BCUT2D eigenvalue weighted by molar-refractivity contribution is 8.00. The second kappa shape index (κ2) is 8.81. The predicted octanol–water partition coefficient (Wildman–Crippen LogP) is 4.69. The summed E-state index contributed by atoms with van der Waals surface area (Å²) in [6, 6.07) is 11.8. The number of rotatable bonds is 7. The lowest BCUT2D eigenvalue weighted by atomic mass is 10.1. The van der Waals surface area contributed by atoms with Crippen LogP contribution in [0.3, 0.4) is 0 Å². The minimum atomic E-state index is -0.234. The zero-order valence-corrected chi connectivity index (χ0v) is 16.2. The van der Waals surface area contributed by atoms with Gasteiger partial charge in [-0.1, -0.05) is 25.1 Å². The number of methoxy groups -OCH3 is 2. The first-order valence-electron chi connectivity index (χ1n) is 8.28. The molecule has 0 radical (unpaired) electrons. The smallest absolute Gasteiger partial charge is 0.237 e. The highest BCUT2D eigenvalue weighted by atomic mass is 32.2. The Hall–Kier alpha value is -2.14. The Labute approximate surface area is 153 Å². The molecule has 1 N–H and O–H groups in total. The topological polar surface area (TPSA) is 47.6 Å². The van der Waals surface area contributed by atoms with Gasteiger partial charge in [-0.05, 0) is 49.6 Å². The van der Waals surface area contributed by atoms with Crippen molar-refractivity contribution in [2.45, 2.75) is 37.3 Å². The number of anilines is 1. The largest absolute Gasteiger partial charge is 0.493 e. The molecule has 0 aliphatic carbocycles. The lowest BCUT2D eigenvalue weighted by molar-refractivity contribution is -0.115. The summed E-state index contributed by atoms with van der Waals surface area (Å²) in [4.78, 5) is 13.6. The fraction of sp³-hybridized carbons (Fsp3) is 0.350. The van der Waals surface area contributed by atoms with E-state index in [1.807, 2.05) is 44.2 Å². The van der Waals surface area contributed by atoms with Gasteiger partial charge >= 0.3 is 0 Å². The minimum absolute atomic E-state index is 0.0104. The number of thioether (sulfide) groups is 1. The third kappa shape index (κ3) is 4.69. The van der Waals surface area contributed by atoms with Crippen LogP contribution >= 0.6 is 11.8 Å². The summed E-state index contributed by atoms with van der Waals surface area (Å²) in [5.74, 6) is 1.33. The molecule has 0 aliphatic rings. The molecular weight excluding hydrogens is 334 g/mol. The van der Waals surface area contributed by atoms with Gasteiger partial charge in [-0.25, -0.2) is 0 Å².